The third-order valence-electron chi connectivity index (χ3n) is 13.2. The number of carbonyl (C=O) groups is 2. The van der Waals surface area contributed by atoms with Crippen LogP contribution >= 0.6 is 7.82 Å². The molecule has 0 radical (unpaired) electrons. The van der Waals surface area contributed by atoms with E-state index in [9.17, 15) is 19.0 Å². The molecule has 0 aliphatic heterocycles. The highest BCUT2D eigenvalue weighted by atomic mass is 31.2. The lowest BCUT2D eigenvalue weighted by molar-refractivity contribution is -0.870. The van der Waals surface area contributed by atoms with Crippen molar-refractivity contribution in [3.05, 3.63) is 85.1 Å². The van der Waals surface area contributed by atoms with Gasteiger partial charge in [-0.3, -0.25) is 14.2 Å². The summed E-state index contributed by atoms with van der Waals surface area (Å²) in [4.78, 5) is 37.9. The molecule has 0 aromatic heterocycles. The van der Waals surface area contributed by atoms with Crippen LogP contribution in [0, 0.1) is 0 Å². The summed E-state index contributed by atoms with van der Waals surface area (Å²) in [7, 11) is 1.14. The van der Waals surface area contributed by atoms with Crippen molar-refractivity contribution in [3.8, 4) is 0 Å². The number of unbranched alkanes of at least 4 members (excludes halogenated alkanes) is 28. The average molecular weight is 1070 g/mol. The highest BCUT2D eigenvalue weighted by Crippen LogP contribution is 2.38. The molecule has 75 heavy (non-hydrogen) atoms. The maximum atomic E-state index is 12.8. The van der Waals surface area contributed by atoms with Crippen molar-refractivity contribution in [2.75, 3.05) is 47.5 Å². The highest BCUT2D eigenvalue weighted by Gasteiger charge is 2.22. The number of rotatable bonds is 56. The van der Waals surface area contributed by atoms with Gasteiger partial charge in [-0.25, -0.2) is 0 Å². The number of phosphoric acid groups is 1. The Hall–Kier alpha value is -2.81. The summed E-state index contributed by atoms with van der Waals surface area (Å²) in [5, 5.41) is 0. The lowest BCUT2D eigenvalue weighted by Crippen LogP contribution is -2.37. The number of carbonyl (C=O) groups excluding carboxylic acids is 2. The summed E-state index contributed by atoms with van der Waals surface area (Å²) < 4.78 is 34.2. The molecule has 0 aromatic rings. The van der Waals surface area contributed by atoms with E-state index in [0.717, 1.165) is 83.5 Å². The van der Waals surface area contributed by atoms with Crippen LogP contribution in [-0.4, -0.2) is 70.0 Å². The molecule has 0 aliphatic rings. The van der Waals surface area contributed by atoms with Crippen LogP contribution in [0.2, 0.25) is 0 Å². The number of hydrogen-bond acceptors (Lipinski definition) is 8. The van der Waals surface area contributed by atoms with Gasteiger partial charge in [-0.2, -0.15) is 0 Å². The summed E-state index contributed by atoms with van der Waals surface area (Å²) in [6, 6.07) is 0. The molecule has 0 spiro atoms. The second-order valence-corrected chi connectivity index (χ2v) is 23.1. The summed E-state index contributed by atoms with van der Waals surface area (Å²) in [5.74, 6) is -0.867. The fraction of sp³-hybridized carbons (Fsp3) is 0.754. The van der Waals surface area contributed by atoms with E-state index in [2.05, 4.69) is 98.9 Å². The monoisotopic (exact) mass is 1070 g/mol. The minimum absolute atomic E-state index is 0.0406. The first kappa shape index (κ1) is 72.2. The molecule has 0 rings (SSSR count). The van der Waals surface area contributed by atoms with Gasteiger partial charge in [0.1, 0.15) is 19.8 Å². The minimum atomic E-state index is -4.65. The van der Waals surface area contributed by atoms with Gasteiger partial charge in [0.15, 0.2) is 6.10 Å². The number of phosphoric ester groups is 1. The lowest BCUT2D eigenvalue weighted by Gasteiger charge is -2.28. The van der Waals surface area contributed by atoms with E-state index in [1.165, 1.54) is 148 Å². The molecule has 10 heteroatoms. The second kappa shape index (κ2) is 55.9. The Morgan fingerprint density at radius 3 is 1.13 bits per heavy atom. The number of esters is 2. The number of likely N-dealkylation sites (N-methyl/N-ethyl adjacent to an activating group) is 1. The molecule has 0 aliphatic carbocycles. The van der Waals surface area contributed by atoms with Gasteiger partial charge in [0.2, 0.25) is 0 Å². The van der Waals surface area contributed by atoms with Crippen molar-refractivity contribution >= 4 is 19.8 Å². The van der Waals surface area contributed by atoms with Gasteiger partial charge >= 0.3 is 11.9 Å². The third kappa shape index (κ3) is 60.3. The SMILES string of the molecule is CC/C=C\C/C=C\C/C=C\C/C=C\C/C=C\C/C=C\C/C=C\CCCCCC(=O)OC(COC(=O)CCCCCCCCCCCCCCCCCCCCCCCCCCCC)COP(=O)([O-])OCC[N+](C)(C)C. The van der Waals surface area contributed by atoms with Crippen LogP contribution in [0.4, 0.5) is 0 Å². The van der Waals surface area contributed by atoms with Crippen LogP contribution < -0.4 is 4.89 Å². The molecule has 0 saturated carbocycles. The van der Waals surface area contributed by atoms with Crippen LogP contribution in [0.3, 0.4) is 0 Å². The van der Waals surface area contributed by atoms with E-state index >= 15 is 0 Å². The van der Waals surface area contributed by atoms with Crippen LogP contribution in [0.5, 0.6) is 0 Å². The Kier molecular flexibility index (Phi) is 53.8. The molecule has 0 N–H and O–H groups in total. The van der Waals surface area contributed by atoms with Crippen molar-refractivity contribution in [1.29, 1.82) is 0 Å². The molecule has 2 atom stereocenters. The number of nitrogens with zero attached hydrogens (tertiary/aromatic N) is 1. The number of quaternary nitrogens is 1. The van der Waals surface area contributed by atoms with Crippen LogP contribution in [-0.2, 0) is 32.7 Å². The summed E-state index contributed by atoms with van der Waals surface area (Å²) >= 11 is 0. The first-order chi connectivity index (χ1) is 36.5. The molecule has 434 valence electrons. The van der Waals surface area contributed by atoms with Crippen molar-refractivity contribution in [3.63, 3.8) is 0 Å². The maximum Gasteiger partial charge on any atom is 0.306 e. The molecule has 0 fully saturated rings. The normalized spacial score (nSPS) is 13.8. The molecular weight excluding hydrogens is 954 g/mol. The van der Waals surface area contributed by atoms with Crippen molar-refractivity contribution in [1.82, 2.24) is 0 Å². The Morgan fingerprint density at radius 1 is 0.427 bits per heavy atom. The van der Waals surface area contributed by atoms with Crippen molar-refractivity contribution in [2.45, 2.75) is 270 Å². The number of allylic oxidation sites excluding steroid dienone is 14. The fourth-order valence-corrected chi connectivity index (χ4v) is 9.19. The van der Waals surface area contributed by atoms with Gasteiger partial charge in [-0.15, -0.1) is 0 Å². The zero-order chi connectivity index (χ0) is 54.9. The van der Waals surface area contributed by atoms with E-state index in [4.69, 9.17) is 18.5 Å². The van der Waals surface area contributed by atoms with Gasteiger partial charge in [0, 0.05) is 12.8 Å². The Bertz CT molecular complexity index is 1540. The predicted octanol–water partition coefficient (Wildman–Crippen LogP) is 18.8. The first-order valence-electron chi connectivity index (χ1n) is 30.8. The smallest absolute Gasteiger partial charge is 0.306 e. The topological polar surface area (TPSA) is 111 Å². The van der Waals surface area contributed by atoms with Crippen molar-refractivity contribution < 1.29 is 42.1 Å². The largest absolute Gasteiger partial charge is 0.756 e. The van der Waals surface area contributed by atoms with Crippen molar-refractivity contribution in [2.24, 2.45) is 0 Å². The maximum absolute atomic E-state index is 12.8. The quantitative estimate of drug-likeness (QED) is 0.0195. The average Bonchev–Trinajstić information content (AvgIpc) is 3.37. The second-order valence-electron chi connectivity index (χ2n) is 21.7. The molecule has 2 unspecified atom stereocenters. The number of hydrogen-bond donors (Lipinski definition) is 0. The Morgan fingerprint density at radius 2 is 0.760 bits per heavy atom. The summed E-state index contributed by atoms with van der Waals surface area (Å²) in [6.45, 7) is 4.11. The molecule has 9 nitrogen and oxygen atoms in total. The number of ether oxygens (including phenoxy) is 2. The van der Waals surface area contributed by atoms with Gasteiger partial charge in [-0.05, 0) is 70.6 Å². The molecule has 0 aromatic carbocycles. The van der Waals surface area contributed by atoms with E-state index in [-0.39, 0.29) is 26.1 Å². The van der Waals surface area contributed by atoms with Gasteiger partial charge in [0.25, 0.3) is 7.82 Å². The standard InChI is InChI=1S/C65H116NO8P/c1-6-8-10-12-14-16-18-20-22-24-26-28-30-32-34-35-37-39-41-43-45-47-49-51-53-55-57-64(67)71-61-63(62-73-75(69,70)72-60-59-66(3,4)5)74-65(68)58-56-54-52-50-48-46-44-42-40-38-36-33-31-29-27-25-23-21-19-17-15-13-11-9-7-2/h9,11,15,17,21,23,27,29,33,36,40,42,46,48,63H,6-8,10,12-14,16,18-20,22,24-26,28,30-32,34-35,37-39,41,43-45,47,49-62H2,1-5H3/b11-9-,17-15-,23-21-,29-27-,36-33-,42-40-,48-46-. The van der Waals surface area contributed by atoms with Gasteiger partial charge < -0.3 is 27.9 Å². The lowest BCUT2D eigenvalue weighted by atomic mass is 10.0. The van der Waals surface area contributed by atoms with E-state index in [1.54, 1.807) is 0 Å². The van der Waals surface area contributed by atoms with E-state index in [0.29, 0.717) is 17.4 Å². The van der Waals surface area contributed by atoms with Crippen LogP contribution in [0.1, 0.15) is 264 Å². The van der Waals surface area contributed by atoms with E-state index < -0.39 is 32.5 Å². The van der Waals surface area contributed by atoms with Crippen LogP contribution in [0.25, 0.3) is 0 Å². The highest BCUT2D eigenvalue weighted by molar-refractivity contribution is 7.45. The minimum Gasteiger partial charge on any atom is -0.756 e. The predicted molar refractivity (Wildman–Crippen MR) is 319 cm³/mol. The molecule has 0 saturated heterocycles. The zero-order valence-electron chi connectivity index (χ0n) is 49.2. The molecule has 0 bridgehead atoms. The van der Waals surface area contributed by atoms with Crippen LogP contribution in [0.15, 0.2) is 85.1 Å². The third-order valence-corrected chi connectivity index (χ3v) is 14.1. The first-order valence-corrected chi connectivity index (χ1v) is 32.3. The molecular formula is C65H116NO8P. The Labute approximate surface area is 462 Å². The van der Waals surface area contributed by atoms with Gasteiger partial charge in [-0.1, -0.05) is 266 Å². The molecule has 0 amide bonds. The summed E-state index contributed by atoms with van der Waals surface area (Å²) in [6.07, 6.45) is 75.0. The Balaban J connectivity index is 4.19. The summed E-state index contributed by atoms with van der Waals surface area (Å²) in [5.41, 5.74) is 0. The van der Waals surface area contributed by atoms with Gasteiger partial charge in [0.05, 0.1) is 27.7 Å². The van der Waals surface area contributed by atoms with E-state index in [1.807, 2.05) is 21.1 Å². The fourth-order valence-electron chi connectivity index (χ4n) is 8.46. The zero-order valence-corrected chi connectivity index (χ0v) is 50.1. The molecule has 0 heterocycles.